The maximum atomic E-state index is 10.6. The van der Waals surface area contributed by atoms with Crippen LogP contribution in [-0.4, -0.2) is 21.6 Å². The first kappa shape index (κ1) is 14.4. The lowest BCUT2D eigenvalue weighted by molar-refractivity contribution is -0.385. The summed E-state index contributed by atoms with van der Waals surface area (Å²) < 4.78 is 0.479. The van der Waals surface area contributed by atoms with Crippen LogP contribution in [0.1, 0.15) is 11.7 Å². The Morgan fingerprint density at radius 3 is 2.70 bits per heavy atom. The molecular weight excluding hydrogens is 326 g/mol. The van der Waals surface area contributed by atoms with E-state index < -0.39 is 11.0 Å². The van der Waals surface area contributed by atoms with Crippen molar-refractivity contribution in [3.05, 3.63) is 62.7 Å². The summed E-state index contributed by atoms with van der Waals surface area (Å²) in [5, 5.41) is 23.5. The number of aromatic nitrogens is 1. The van der Waals surface area contributed by atoms with Crippen LogP contribution in [0, 0.1) is 10.1 Å². The first-order chi connectivity index (χ1) is 9.58. The van der Waals surface area contributed by atoms with Gasteiger partial charge in [0.15, 0.2) is 0 Å². The Bertz CT molecular complexity index is 607. The van der Waals surface area contributed by atoms with Crippen LogP contribution in [0.2, 0.25) is 0 Å². The highest BCUT2D eigenvalue weighted by Gasteiger charge is 2.12. The molecule has 1 heterocycles. The molecule has 20 heavy (non-hydrogen) atoms. The minimum absolute atomic E-state index is 0.0916. The van der Waals surface area contributed by atoms with Crippen molar-refractivity contribution in [2.75, 3.05) is 11.9 Å². The molecule has 0 saturated carbocycles. The molecule has 0 fully saturated rings. The molecule has 0 bridgehead atoms. The summed E-state index contributed by atoms with van der Waals surface area (Å²) in [6.45, 7) is 0.257. The summed E-state index contributed by atoms with van der Waals surface area (Å²) in [7, 11) is 0. The molecule has 2 aromatic rings. The van der Waals surface area contributed by atoms with E-state index in [2.05, 4.69) is 26.2 Å². The maximum Gasteiger partial charge on any atom is 0.288 e. The molecule has 2 N–H and O–H groups in total. The highest BCUT2D eigenvalue weighted by atomic mass is 79.9. The van der Waals surface area contributed by atoms with Crippen molar-refractivity contribution in [2.24, 2.45) is 0 Å². The third kappa shape index (κ3) is 3.52. The number of aliphatic hydroxyl groups is 1. The molecule has 6 nitrogen and oxygen atoms in total. The normalized spacial score (nSPS) is 11.9. The molecular formula is C13H12BrN3O3. The van der Waals surface area contributed by atoms with Gasteiger partial charge in [-0.3, -0.25) is 10.1 Å². The van der Waals surface area contributed by atoms with E-state index in [9.17, 15) is 15.2 Å². The number of aliphatic hydroxyl groups excluding tert-OH is 1. The zero-order valence-electron chi connectivity index (χ0n) is 10.4. The van der Waals surface area contributed by atoms with Gasteiger partial charge in [0.05, 0.1) is 15.5 Å². The second-order valence-electron chi connectivity index (χ2n) is 4.09. The SMILES string of the molecule is O=[N+]([O-])c1cnc(NC[C@H](O)c2ccccc2)c(Br)c1. The highest BCUT2D eigenvalue weighted by molar-refractivity contribution is 9.10. The number of benzene rings is 1. The number of hydrogen-bond acceptors (Lipinski definition) is 5. The first-order valence-corrected chi connectivity index (χ1v) is 6.64. The van der Waals surface area contributed by atoms with Crippen molar-refractivity contribution in [1.82, 2.24) is 4.98 Å². The van der Waals surface area contributed by atoms with Gasteiger partial charge >= 0.3 is 0 Å². The molecule has 0 spiro atoms. The smallest absolute Gasteiger partial charge is 0.288 e. The number of anilines is 1. The van der Waals surface area contributed by atoms with E-state index in [4.69, 9.17) is 0 Å². The second kappa shape index (κ2) is 6.44. The number of rotatable bonds is 5. The van der Waals surface area contributed by atoms with Crippen LogP contribution in [0.25, 0.3) is 0 Å². The third-order valence-electron chi connectivity index (χ3n) is 2.68. The maximum absolute atomic E-state index is 10.6. The second-order valence-corrected chi connectivity index (χ2v) is 4.94. The van der Waals surface area contributed by atoms with Gasteiger partial charge in [-0.05, 0) is 21.5 Å². The average molecular weight is 338 g/mol. The first-order valence-electron chi connectivity index (χ1n) is 5.84. The largest absolute Gasteiger partial charge is 0.387 e. The lowest BCUT2D eigenvalue weighted by Crippen LogP contribution is -2.13. The lowest BCUT2D eigenvalue weighted by Gasteiger charge is -2.13. The van der Waals surface area contributed by atoms with Gasteiger partial charge in [0.2, 0.25) is 0 Å². The van der Waals surface area contributed by atoms with E-state index in [-0.39, 0.29) is 12.2 Å². The molecule has 0 saturated heterocycles. The van der Waals surface area contributed by atoms with Crippen LogP contribution in [0.4, 0.5) is 11.5 Å². The van der Waals surface area contributed by atoms with Gasteiger partial charge in [-0.15, -0.1) is 0 Å². The van der Waals surface area contributed by atoms with Crippen molar-refractivity contribution in [2.45, 2.75) is 6.10 Å². The predicted octanol–water partition coefficient (Wildman–Crippen LogP) is 2.90. The minimum atomic E-state index is -0.680. The molecule has 0 amide bonds. The van der Waals surface area contributed by atoms with Crippen LogP contribution in [0.5, 0.6) is 0 Å². The van der Waals surface area contributed by atoms with Gasteiger partial charge < -0.3 is 10.4 Å². The van der Waals surface area contributed by atoms with E-state index >= 15 is 0 Å². The molecule has 1 atom stereocenters. The zero-order chi connectivity index (χ0) is 14.5. The molecule has 1 aromatic carbocycles. The van der Waals surface area contributed by atoms with Crippen LogP contribution in [-0.2, 0) is 0 Å². The molecule has 104 valence electrons. The Labute approximate surface area is 123 Å². The number of hydrogen-bond donors (Lipinski definition) is 2. The number of halogens is 1. The number of nitrogens with zero attached hydrogens (tertiary/aromatic N) is 2. The van der Waals surface area contributed by atoms with Gasteiger partial charge in [0.1, 0.15) is 12.0 Å². The van der Waals surface area contributed by atoms with Gasteiger partial charge in [0.25, 0.3) is 5.69 Å². The fourth-order valence-electron chi connectivity index (χ4n) is 1.64. The summed E-state index contributed by atoms with van der Waals surface area (Å²) in [4.78, 5) is 14.0. The molecule has 0 aliphatic carbocycles. The molecule has 7 heteroatoms. The van der Waals surface area contributed by atoms with Gasteiger partial charge in [0, 0.05) is 12.6 Å². The zero-order valence-corrected chi connectivity index (χ0v) is 11.9. The summed E-state index contributed by atoms with van der Waals surface area (Å²) in [6.07, 6.45) is 0.488. The third-order valence-corrected chi connectivity index (χ3v) is 3.29. The fraction of sp³-hybridized carbons (Fsp3) is 0.154. The summed E-state index contributed by atoms with van der Waals surface area (Å²) in [5.41, 5.74) is 0.698. The van der Waals surface area contributed by atoms with Crippen molar-refractivity contribution >= 4 is 27.4 Å². The van der Waals surface area contributed by atoms with E-state index in [1.807, 2.05) is 30.3 Å². The van der Waals surface area contributed by atoms with Crippen LogP contribution in [0.15, 0.2) is 47.1 Å². The summed E-state index contributed by atoms with van der Waals surface area (Å²) in [5.74, 6) is 0.450. The Kier molecular flexibility index (Phi) is 4.65. The fourth-order valence-corrected chi connectivity index (χ4v) is 2.12. The summed E-state index contributed by atoms with van der Waals surface area (Å²) in [6, 6.07) is 10.6. The molecule has 0 aliphatic heterocycles. The van der Waals surface area contributed by atoms with Crippen molar-refractivity contribution in [3.63, 3.8) is 0 Å². The highest BCUT2D eigenvalue weighted by Crippen LogP contribution is 2.25. The monoisotopic (exact) mass is 337 g/mol. The Morgan fingerprint density at radius 2 is 2.10 bits per heavy atom. The minimum Gasteiger partial charge on any atom is -0.387 e. The molecule has 0 unspecified atom stereocenters. The topological polar surface area (TPSA) is 88.3 Å². The van der Waals surface area contributed by atoms with Crippen LogP contribution >= 0.6 is 15.9 Å². The van der Waals surface area contributed by atoms with Gasteiger partial charge in [-0.1, -0.05) is 30.3 Å². The number of pyridine rings is 1. The van der Waals surface area contributed by atoms with Crippen LogP contribution in [0.3, 0.4) is 0 Å². The van der Waals surface area contributed by atoms with Crippen LogP contribution < -0.4 is 5.32 Å². The molecule has 2 rings (SSSR count). The molecule has 0 aliphatic rings. The van der Waals surface area contributed by atoms with E-state index in [0.29, 0.717) is 10.3 Å². The van der Waals surface area contributed by atoms with Gasteiger partial charge in [-0.2, -0.15) is 0 Å². The molecule has 1 aromatic heterocycles. The lowest BCUT2D eigenvalue weighted by atomic mass is 10.1. The average Bonchev–Trinajstić information content (AvgIpc) is 2.46. The number of nitro groups is 1. The Hall–Kier alpha value is -1.99. The molecule has 0 radical (unpaired) electrons. The van der Waals surface area contributed by atoms with Crippen molar-refractivity contribution in [3.8, 4) is 0 Å². The van der Waals surface area contributed by atoms with Gasteiger partial charge in [-0.25, -0.2) is 4.98 Å². The summed E-state index contributed by atoms with van der Waals surface area (Å²) >= 11 is 3.21. The number of nitrogens with one attached hydrogen (secondary N) is 1. The predicted molar refractivity (Wildman–Crippen MR) is 78.5 cm³/mol. The van der Waals surface area contributed by atoms with E-state index in [1.165, 1.54) is 12.3 Å². The van der Waals surface area contributed by atoms with Crippen molar-refractivity contribution in [1.29, 1.82) is 0 Å². The van der Waals surface area contributed by atoms with Crippen molar-refractivity contribution < 1.29 is 10.0 Å². The van der Waals surface area contributed by atoms with E-state index in [1.54, 1.807) is 0 Å². The Balaban J connectivity index is 2.02. The standard InChI is InChI=1S/C13H12BrN3O3/c14-11-6-10(17(19)20)7-15-13(11)16-8-12(18)9-4-2-1-3-5-9/h1-7,12,18H,8H2,(H,15,16)/t12-/m0/s1. The quantitative estimate of drug-likeness (QED) is 0.646. The Morgan fingerprint density at radius 1 is 1.40 bits per heavy atom. The van der Waals surface area contributed by atoms with E-state index in [0.717, 1.165) is 5.56 Å².